The number of amides is 2. The Balaban J connectivity index is 1.50. The number of carbonyl (C=O) groups excluding carboxylic acids is 2. The third-order valence-electron chi connectivity index (χ3n) is 5.76. The molecule has 2 heterocycles. The third-order valence-corrected chi connectivity index (χ3v) is 6.62. The first kappa shape index (κ1) is 20.7. The maximum Gasteiger partial charge on any atom is 0.242 e. The Hall–Kier alpha value is -2.54. The van der Waals surface area contributed by atoms with Gasteiger partial charge in [-0.25, -0.2) is 0 Å². The second-order valence-corrected chi connectivity index (χ2v) is 9.24. The Morgan fingerprint density at radius 2 is 1.93 bits per heavy atom. The Morgan fingerprint density at radius 3 is 2.60 bits per heavy atom. The van der Waals surface area contributed by atoms with Crippen molar-refractivity contribution in [2.45, 2.75) is 52.2 Å². The Labute approximate surface area is 181 Å². The highest BCUT2D eigenvalue weighted by molar-refractivity contribution is 7.09. The zero-order chi connectivity index (χ0) is 21.1. The molecule has 0 spiro atoms. The highest BCUT2D eigenvalue weighted by Crippen LogP contribution is 2.33. The third kappa shape index (κ3) is 4.61. The molecule has 7 heteroatoms. The summed E-state index contributed by atoms with van der Waals surface area (Å²) in [7, 11) is 0. The van der Waals surface area contributed by atoms with Crippen LogP contribution < -0.4 is 9.47 Å². The number of hydrogen-bond donors (Lipinski definition) is 0. The topological polar surface area (TPSA) is 59.1 Å². The molecule has 160 valence electrons. The van der Waals surface area contributed by atoms with Crippen LogP contribution in [0.2, 0.25) is 0 Å². The lowest BCUT2D eigenvalue weighted by molar-refractivity contribution is -0.146. The standard InChI is InChI=1S/C23H28N2O4S/c1-16(2)25(23(27)18-5-3-6-18)14-22(26)24(13-19-7-4-10-30-19)12-17-8-9-20-21(11-17)29-15-28-20/h4,7-11,16,18H,3,5-6,12-15H2,1-2H3. The molecule has 2 aliphatic rings. The number of fused-ring (bicyclic) bond motifs is 1. The summed E-state index contributed by atoms with van der Waals surface area (Å²) >= 11 is 1.63. The van der Waals surface area contributed by atoms with Crippen LogP contribution in [-0.2, 0) is 22.7 Å². The van der Waals surface area contributed by atoms with Crippen molar-refractivity contribution in [1.29, 1.82) is 0 Å². The van der Waals surface area contributed by atoms with E-state index in [1.807, 2.05) is 54.5 Å². The quantitative estimate of drug-likeness (QED) is 0.637. The molecule has 2 aromatic rings. The molecule has 0 N–H and O–H groups in total. The van der Waals surface area contributed by atoms with Crippen LogP contribution >= 0.6 is 11.3 Å². The van der Waals surface area contributed by atoms with E-state index in [0.717, 1.165) is 35.5 Å². The highest BCUT2D eigenvalue weighted by atomic mass is 32.1. The van der Waals surface area contributed by atoms with Crippen LogP contribution in [0.15, 0.2) is 35.7 Å². The van der Waals surface area contributed by atoms with Gasteiger partial charge in [-0.15, -0.1) is 11.3 Å². The van der Waals surface area contributed by atoms with Crippen LogP contribution in [-0.4, -0.2) is 41.0 Å². The molecule has 1 saturated carbocycles. The summed E-state index contributed by atoms with van der Waals surface area (Å²) in [5.41, 5.74) is 0.977. The molecule has 6 nitrogen and oxygen atoms in total. The predicted molar refractivity (Wildman–Crippen MR) is 115 cm³/mol. The predicted octanol–water partition coefficient (Wildman–Crippen LogP) is 4.04. The summed E-state index contributed by atoms with van der Waals surface area (Å²) in [6.45, 7) is 5.27. The highest BCUT2D eigenvalue weighted by Gasteiger charge is 2.32. The molecule has 1 aliphatic heterocycles. The molecule has 2 amide bonds. The molecule has 1 aliphatic carbocycles. The van der Waals surface area contributed by atoms with E-state index in [1.165, 1.54) is 0 Å². The largest absolute Gasteiger partial charge is 0.454 e. The van der Waals surface area contributed by atoms with E-state index in [4.69, 9.17) is 9.47 Å². The minimum absolute atomic E-state index is 0.00354. The zero-order valence-electron chi connectivity index (χ0n) is 17.5. The lowest BCUT2D eigenvalue weighted by Crippen LogP contribution is -2.48. The van der Waals surface area contributed by atoms with Gasteiger partial charge < -0.3 is 19.3 Å². The van der Waals surface area contributed by atoms with Crippen LogP contribution in [0, 0.1) is 5.92 Å². The van der Waals surface area contributed by atoms with E-state index in [-0.39, 0.29) is 37.1 Å². The molecule has 0 bridgehead atoms. The van der Waals surface area contributed by atoms with Crippen molar-refractivity contribution in [1.82, 2.24) is 9.80 Å². The Kier molecular flexibility index (Phi) is 6.27. The van der Waals surface area contributed by atoms with Crippen molar-refractivity contribution < 1.29 is 19.1 Å². The first-order valence-electron chi connectivity index (χ1n) is 10.5. The van der Waals surface area contributed by atoms with Crippen molar-refractivity contribution in [3.63, 3.8) is 0 Å². The number of rotatable bonds is 8. The lowest BCUT2D eigenvalue weighted by atomic mass is 9.84. The summed E-state index contributed by atoms with van der Waals surface area (Å²) in [5.74, 6) is 1.60. The normalized spacial score (nSPS) is 15.2. The second-order valence-electron chi connectivity index (χ2n) is 8.20. The molecule has 0 unspecified atom stereocenters. The van der Waals surface area contributed by atoms with Gasteiger partial charge in [0.15, 0.2) is 11.5 Å². The number of ether oxygens (including phenoxy) is 2. The fourth-order valence-corrected chi connectivity index (χ4v) is 4.45. The molecule has 0 atom stereocenters. The van der Waals surface area contributed by atoms with Crippen LogP contribution in [0.5, 0.6) is 11.5 Å². The van der Waals surface area contributed by atoms with E-state index < -0.39 is 0 Å². The summed E-state index contributed by atoms with van der Waals surface area (Å²) < 4.78 is 10.9. The Morgan fingerprint density at radius 1 is 1.13 bits per heavy atom. The maximum absolute atomic E-state index is 13.3. The van der Waals surface area contributed by atoms with Crippen LogP contribution in [0.1, 0.15) is 43.6 Å². The molecule has 0 radical (unpaired) electrons. The molecule has 1 fully saturated rings. The van der Waals surface area contributed by atoms with Gasteiger partial charge in [0.25, 0.3) is 0 Å². The average Bonchev–Trinajstić information content (AvgIpc) is 3.34. The minimum atomic E-state index is -0.0394. The number of thiophene rings is 1. The van der Waals surface area contributed by atoms with Gasteiger partial charge in [-0.3, -0.25) is 9.59 Å². The van der Waals surface area contributed by atoms with E-state index in [1.54, 1.807) is 16.2 Å². The van der Waals surface area contributed by atoms with Gasteiger partial charge in [0, 0.05) is 23.4 Å². The number of carbonyl (C=O) groups is 2. The summed E-state index contributed by atoms with van der Waals surface area (Å²) in [4.78, 5) is 30.9. The van der Waals surface area contributed by atoms with Crippen LogP contribution in [0.25, 0.3) is 0 Å². The van der Waals surface area contributed by atoms with Gasteiger partial charge in [-0.05, 0) is 55.8 Å². The maximum atomic E-state index is 13.3. The average molecular weight is 429 g/mol. The second kappa shape index (κ2) is 9.08. The number of hydrogen-bond acceptors (Lipinski definition) is 5. The van der Waals surface area contributed by atoms with Crippen LogP contribution in [0.4, 0.5) is 0 Å². The summed E-state index contributed by atoms with van der Waals surface area (Å²) in [6, 6.07) is 9.79. The van der Waals surface area contributed by atoms with Crippen molar-refractivity contribution >= 4 is 23.2 Å². The van der Waals surface area contributed by atoms with E-state index in [9.17, 15) is 9.59 Å². The minimum Gasteiger partial charge on any atom is -0.454 e. The first-order valence-corrected chi connectivity index (χ1v) is 11.4. The van der Waals surface area contributed by atoms with E-state index >= 15 is 0 Å². The SMILES string of the molecule is CC(C)N(CC(=O)N(Cc1ccc2c(c1)OCO2)Cc1cccs1)C(=O)C1CCC1. The van der Waals surface area contributed by atoms with Crippen molar-refractivity contribution in [3.05, 3.63) is 46.2 Å². The fraction of sp³-hybridized carbons (Fsp3) is 0.478. The summed E-state index contributed by atoms with van der Waals surface area (Å²) in [5, 5.41) is 2.01. The van der Waals surface area contributed by atoms with Gasteiger partial charge in [-0.1, -0.05) is 18.6 Å². The Bertz CT molecular complexity index is 893. The lowest BCUT2D eigenvalue weighted by Gasteiger charge is -2.35. The van der Waals surface area contributed by atoms with Gasteiger partial charge in [-0.2, -0.15) is 0 Å². The molecule has 1 aromatic carbocycles. The van der Waals surface area contributed by atoms with Gasteiger partial charge in [0.05, 0.1) is 6.54 Å². The molecule has 1 aromatic heterocycles. The number of benzene rings is 1. The molecular weight excluding hydrogens is 400 g/mol. The van der Waals surface area contributed by atoms with E-state index in [0.29, 0.717) is 18.8 Å². The summed E-state index contributed by atoms with van der Waals surface area (Å²) in [6.07, 6.45) is 2.98. The smallest absolute Gasteiger partial charge is 0.242 e. The van der Waals surface area contributed by atoms with Gasteiger partial charge in [0.2, 0.25) is 18.6 Å². The molecular formula is C23H28N2O4S. The fourth-order valence-electron chi connectivity index (χ4n) is 3.73. The number of nitrogens with zero attached hydrogens (tertiary/aromatic N) is 2. The van der Waals surface area contributed by atoms with Crippen molar-refractivity contribution in [2.24, 2.45) is 5.92 Å². The van der Waals surface area contributed by atoms with Gasteiger partial charge >= 0.3 is 0 Å². The van der Waals surface area contributed by atoms with E-state index in [2.05, 4.69) is 0 Å². The zero-order valence-corrected chi connectivity index (χ0v) is 18.3. The molecule has 30 heavy (non-hydrogen) atoms. The first-order chi connectivity index (χ1) is 14.5. The van der Waals surface area contributed by atoms with Gasteiger partial charge in [0.1, 0.15) is 6.54 Å². The van der Waals surface area contributed by atoms with Crippen LogP contribution in [0.3, 0.4) is 0 Å². The molecule has 0 saturated heterocycles. The monoisotopic (exact) mass is 428 g/mol. The van der Waals surface area contributed by atoms with Crippen molar-refractivity contribution in [3.8, 4) is 11.5 Å². The van der Waals surface area contributed by atoms with Crippen molar-refractivity contribution in [2.75, 3.05) is 13.3 Å². The molecule has 4 rings (SSSR count).